The second-order valence-electron chi connectivity index (χ2n) is 3.66. The van der Waals surface area contributed by atoms with Crippen molar-refractivity contribution in [3.8, 4) is 0 Å². The predicted octanol–water partition coefficient (Wildman–Crippen LogP) is 1.13. The molecular weight excluding hydrogens is 194 g/mol. The number of aliphatic hydroxyl groups excluding tert-OH is 1. The zero-order valence-electron chi connectivity index (χ0n) is 8.22. The third kappa shape index (κ3) is 1.94. The Morgan fingerprint density at radius 2 is 2.20 bits per heavy atom. The van der Waals surface area contributed by atoms with Crippen molar-refractivity contribution in [3.63, 3.8) is 0 Å². The first kappa shape index (κ1) is 9.98. The lowest BCUT2D eigenvalue weighted by Gasteiger charge is -2.28. The summed E-state index contributed by atoms with van der Waals surface area (Å²) in [7, 11) is 0. The fraction of sp³-hybridized carbons (Fsp3) is 0.364. The monoisotopic (exact) mass is 207 g/mol. The molecule has 0 aliphatic heterocycles. The van der Waals surface area contributed by atoms with E-state index in [4.69, 9.17) is 10.5 Å². The molecule has 0 saturated carbocycles. The van der Waals surface area contributed by atoms with Gasteiger partial charge in [-0.3, -0.25) is 0 Å². The van der Waals surface area contributed by atoms with Gasteiger partial charge in [-0.15, -0.1) is 0 Å². The molecule has 0 bridgehead atoms. The quantitative estimate of drug-likeness (QED) is 0.725. The summed E-state index contributed by atoms with van der Waals surface area (Å²) in [6, 6.07) is 7.60. The van der Waals surface area contributed by atoms with Gasteiger partial charge >= 0.3 is 6.09 Å². The Bertz CT molecular complexity index is 378. The summed E-state index contributed by atoms with van der Waals surface area (Å²) >= 11 is 0. The number of rotatable bonds is 1. The molecule has 1 aromatic rings. The SMILES string of the molecule is NC(=O)OC1CCc2ccccc2C1O. The molecule has 0 saturated heterocycles. The van der Waals surface area contributed by atoms with Crippen molar-refractivity contribution in [1.82, 2.24) is 0 Å². The number of hydrogen-bond donors (Lipinski definition) is 2. The molecule has 2 atom stereocenters. The van der Waals surface area contributed by atoms with Crippen LogP contribution in [0.15, 0.2) is 24.3 Å². The smallest absolute Gasteiger partial charge is 0.404 e. The standard InChI is InChI=1S/C11H13NO3/c12-11(14)15-9-6-5-7-3-1-2-4-8(7)10(9)13/h1-4,9-10,13H,5-6H2,(H2,12,14). The fourth-order valence-corrected chi connectivity index (χ4v) is 1.98. The molecule has 4 nitrogen and oxygen atoms in total. The lowest BCUT2D eigenvalue weighted by atomic mass is 9.87. The van der Waals surface area contributed by atoms with Gasteiger partial charge in [0.1, 0.15) is 12.2 Å². The molecule has 2 unspecified atom stereocenters. The van der Waals surface area contributed by atoms with Gasteiger partial charge in [-0.05, 0) is 24.0 Å². The number of nitrogens with two attached hydrogens (primary N) is 1. The number of carbonyl (C=O) groups excluding carboxylic acids is 1. The average molecular weight is 207 g/mol. The first-order valence-corrected chi connectivity index (χ1v) is 4.90. The maximum absolute atomic E-state index is 10.6. The van der Waals surface area contributed by atoms with Crippen LogP contribution in [0.5, 0.6) is 0 Å². The summed E-state index contributed by atoms with van der Waals surface area (Å²) < 4.78 is 4.85. The predicted molar refractivity (Wildman–Crippen MR) is 54.2 cm³/mol. The van der Waals surface area contributed by atoms with Gasteiger partial charge in [-0.1, -0.05) is 24.3 Å². The first-order chi connectivity index (χ1) is 7.18. The van der Waals surface area contributed by atoms with E-state index in [2.05, 4.69) is 0 Å². The second kappa shape index (κ2) is 3.90. The zero-order valence-corrected chi connectivity index (χ0v) is 8.22. The minimum Gasteiger partial charge on any atom is -0.443 e. The minimum absolute atomic E-state index is 0.516. The number of aryl methyl sites for hydroxylation is 1. The number of hydrogen-bond acceptors (Lipinski definition) is 3. The maximum Gasteiger partial charge on any atom is 0.404 e. The van der Waals surface area contributed by atoms with E-state index in [1.165, 1.54) is 0 Å². The van der Waals surface area contributed by atoms with Crippen molar-refractivity contribution in [3.05, 3.63) is 35.4 Å². The highest BCUT2D eigenvalue weighted by Gasteiger charge is 2.29. The van der Waals surface area contributed by atoms with Gasteiger partial charge in [0.05, 0.1) is 0 Å². The summed E-state index contributed by atoms with van der Waals surface area (Å²) in [4.78, 5) is 10.6. The molecule has 1 aliphatic rings. The summed E-state index contributed by atoms with van der Waals surface area (Å²) in [5.41, 5.74) is 6.87. The zero-order chi connectivity index (χ0) is 10.8. The first-order valence-electron chi connectivity index (χ1n) is 4.90. The third-order valence-corrected chi connectivity index (χ3v) is 2.69. The molecular formula is C11H13NO3. The number of aliphatic hydroxyl groups is 1. The van der Waals surface area contributed by atoms with E-state index in [1.54, 1.807) is 0 Å². The van der Waals surface area contributed by atoms with E-state index < -0.39 is 18.3 Å². The number of benzene rings is 1. The maximum atomic E-state index is 10.6. The van der Waals surface area contributed by atoms with Gasteiger partial charge in [-0.25, -0.2) is 4.79 Å². The molecule has 0 radical (unpaired) electrons. The number of fused-ring (bicyclic) bond motifs is 1. The van der Waals surface area contributed by atoms with Crippen molar-refractivity contribution in [2.24, 2.45) is 5.73 Å². The Kier molecular flexibility index (Phi) is 2.60. The van der Waals surface area contributed by atoms with E-state index in [1.807, 2.05) is 24.3 Å². The van der Waals surface area contributed by atoms with E-state index in [0.717, 1.165) is 17.5 Å². The Morgan fingerprint density at radius 3 is 2.93 bits per heavy atom. The van der Waals surface area contributed by atoms with Gasteiger partial charge in [0.2, 0.25) is 0 Å². The van der Waals surface area contributed by atoms with E-state index in [-0.39, 0.29) is 0 Å². The molecule has 2 rings (SSSR count). The van der Waals surface area contributed by atoms with Crippen LogP contribution < -0.4 is 5.73 Å². The van der Waals surface area contributed by atoms with Crippen molar-refractivity contribution < 1.29 is 14.6 Å². The molecule has 1 amide bonds. The fourth-order valence-electron chi connectivity index (χ4n) is 1.98. The van der Waals surface area contributed by atoms with Gasteiger partial charge in [0.15, 0.2) is 0 Å². The van der Waals surface area contributed by atoms with Crippen LogP contribution in [0.3, 0.4) is 0 Å². The van der Waals surface area contributed by atoms with Crippen molar-refractivity contribution >= 4 is 6.09 Å². The third-order valence-electron chi connectivity index (χ3n) is 2.69. The van der Waals surface area contributed by atoms with Crippen molar-refractivity contribution in [2.45, 2.75) is 25.0 Å². The van der Waals surface area contributed by atoms with Crippen LogP contribution in [-0.4, -0.2) is 17.3 Å². The molecule has 3 N–H and O–H groups in total. The molecule has 0 fully saturated rings. The molecule has 80 valence electrons. The van der Waals surface area contributed by atoms with Gasteiger partial charge in [0.25, 0.3) is 0 Å². The highest BCUT2D eigenvalue weighted by atomic mass is 16.6. The lowest BCUT2D eigenvalue weighted by Crippen LogP contribution is -2.32. The molecule has 0 heterocycles. The Hall–Kier alpha value is -1.55. The van der Waals surface area contributed by atoms with E-state index >= 15 is 0 Å². The topological polar surface area (TPSA) is 72.6 Å². The second-order valence-corrected chi connectivity index (χ2v) is 3.66. The molecule has 15 heavy (non-hydrogen) atoms. The molecule has 0 spiro atoms. The van der Waals surface area contributed by atoms with Crippen LogP contribution in [0, 0.1) is 0 Å². The largest absolute Gasteiger partial charge is 0.443 e. The van der Waals surface area contributed by atoms with Crippen molar-refractivity contribution in [1.29, 1.82) is 0 Å². The number of carbonyl (C=O) groups is 1. The minimum atomic E-state index is -0.835. The van der Waals surface area contributed by atoms with Crippen LogP contribution in [0.1, 0.15) is 23.7 Å². The van der Waals surface area contributed by atoms with Crippen LogP contribution in [0.4, 0.5) is 4.79 Å². The summed E-state index contributed by atoms with van der Waals surface area (Å²) in [5, 5.41) is 9.94. The molecule has 1 aliphatic carbocycles. The van der Waals surface area contributed by atoms with Crippen LogP contribution in [-0.2, 0) is 11.2 Å². The Balaban J connectivity index is 2.22. The summed E-state index contributed by atoms with van der Waals surface area (Å²) in [6.07, 6.45) is -0.704. The highest BCUT2D eigenvalue weighted by Crippen LogP contribution is 2.31. The lowest BCUT2D eigenvalue weighted by molar-refractivity contribution is -0.00520. The number of primary amides is 1. The summed E-state index contributed by atoms with van der Waals surface area (Å²) in [6.45, 7) is 0. The van der Waals surface area contributed by atoms with Gasteiger partial charge in [-0.2, -0.15) is 0 Å². The molecule has 4 heteroatoms. The van der Waals surface area contributed by atoms with Gasteiger partial charge in [0, 0.05) is 0 Å². The Morgan fingerprint density at radius 1 is 1.47 bits per heavy atom. The van der Waals surface area contributed by atoms with Gasteiger partial charge < -0.3 is 15.6 Å². The van der Waals surface area contributed by atoms with Crippen LogP contribution in [0.2, 0.25) is 0 Å². The van der Waals surface area contributed by atoms with Crippen LogP contribution >= 0.6 is 0 Å². The van der Waals surface area contributed by atoms with Crippen molar-refractivity contribution in [2.75, 3.05) is 0 Å². The summed E-state index contributed by atoms with van der Waals surface area (Å²) in [5.74, 6) is 0. The molecule has 0 aromatic heterocycles. The highest BCUT2D eigenvalue weighted by molar-refractivity contribution is 5.65. The number of ether oxygens (including phenoxy) is 1. The number of amides is 1. The Labute approximate surface area is 87.7 Å². The molecule has 1 aromatic carbocycles. The van der Waals surface area contributed by atoms with E-state index in [0.29, 0.717) is 6.42 Å². The van der Waals surface area contributed by atoms with Crippen LogP contribution in [0.25, 0.3) is 0 Å². The van der Waals surface area contributed by atoms with E-state index in [9.17, 15) is 9.90 Å². The average Bonchev–Trinajstić information content (AvgIpc) is 2.22. The normalized spacial score (nSPS) is 24.3.